The van der Waals surface area contributed by atoms with Crippen LogP contribution in [0.2, 0.25) is 0 Å². The van der Waals surface area contributed by atoms with Crippen LogP contribution in [0.5, 0.6) is 5.75 Å². The molecule has 33 heavy (non-hydrogen) atoms. The lowest BCUT2D eigenvalue weighted by Gasteiger charge is -2.42. The summed E-state index contributed by atoms with van der Waals surface area (Å²) in [6.45, 7) is 3.42. The van der Waals surface area contributed by atoms with E-state index in [2.05, 4.69) is 16.0 Å². The van der Waals surface area contributed by atoms with Crippen molar-refractivity contribution in [3.8, 4) is 11.8 Å². The van der Waals surface area contributed by atoms with Gasteiger partial charge in [0.1, 0.15) is 11.9 Å². The molecule has 1 saturated heterocycles. The quantitative estimate of drug-likeness (QED) is 0.484. The highest BCUT2D eigenvalue weighted by Gasteiger charge is 2.41. The highest BCUT2D eigenvalue weighted by Crippen LogP contribution is 2.45. The van der Waals surface area contributed by atoms with Crippen LogP contribution in [0.3, 0.4) is 0 Å². The van der Waals surface area contributed by atoms with E-state index in [0.29, 0.717) is 59.5 Å². The van der Waals surface area contributed by atoms with Crippen LogP contribution in [-0.4, -0.2) is 66.1 Å². The van der Waals surface area contributed by atoms with Gasteiger partial charge in [-0.3, -0.25) is 9.79 Å². The summed E-state index contributed by atoms with van der Waals surface area (Å²) in [6, 6.07) is 4.13. The van der Waals surface area contributed by atoms with Gasteiger partial charge in [0, 0.05) is 56.2 Å². The molecule has 0 unspecified atom stereocenters. The third kappa shape index (κ3) is 5.48. The number of hydrogen-bond donors (Lipinski definition) is 1. The van der Waals surface area contributed by atoms with Gasteiger partial charge in [0.2, 0.25) is 11.8 Å². The zero-order valence-corrected chi connectivity index (χ0v) is 19.9. The van der Waals surface area contributed by atoms with Crippen molar-refractivity contribution < 1.29 is 14.6 Å². The van der Waals surface area contributed by atoms with Gasteiger partial charge in [-0.2, -0.15) is 5.26 Å². The number of pyridine rings is 1. The minimum Gasteiger partial charge on any atom is -0.437 e. The second-order valence-electron chi connectivity index (χ2n) is 8.94. The minimum absolute atomic E-state index is 0.000967. The number of rotatable bonds is 7. The number of ether oxygens (including phenoxy) is 1. The lowest BCUT2D eigenvalue weighted by atomic mass is 10.0. The highest BCUT2D eigenvalue weighted by molar-refractivity contribution is 6.30. The highest BCUT2D eigenvalue weighted by atomic mass is 35.5. The van der Waals surface area contributed by atoms with Crippen molar-refractivity contribution in [1.29, 1.82) is 5.26 Å². The Bertz CT molecular complexity index is 1010. The maximum Gasteiger partial charge on any atom is 0.225 e. The summed E-state index contributed by atoms with van der Waals surface area (Å²) in [5, 5.41) is 19.7. The summed E-state index contributed by atoms with van der Waals surface area (Å²) in [7, 11) is 1.63. The third-order valence-corrected chi connectivity index (χ3v) is 6.48. The number of anilines is 1. The van der Waals surface area contributed by atoms with Crippen molar-refractivity contribution in [3.05, 3.63) is 28.4 Å². The second-order valence-corrected chi connectivity index (χ2v) is 9.53. The molecule has 0 bridgehead atoms. The van der Waals surface area contributed by atoms with Gasteiger partial charge in [0.05, 0.1) is 23.9 Å². The summed E-state index contributed by atoms with van der Waals surface area (Å²) < 4.78 is 6.02. The van der Waals surface area contributed by atoms with Crippen LogP contribution >= 0.6 is 11.6 Å². The SMILES string of the molecule is CN=C(/C=C(\C)Cl)Oc1cc(C#N)c(N2CCN(C(=O)CCO)[C@H](C3CC3)C2)nc1C1CC1. The fourth-order valence-corrected chi connectivity index (χ4v) is 4.50. The first-order valence-electron chi connectivity index (χ1n) is 11.5. The summed E-state index contributed by atoms with van der Waals surface area (Å²) in [4.78, 5) is 25.7. The van der Waals surface area contributed by atoms with Gasteiger partial charge in [-0.15, -0.1) is 0 Å². The van der Waals surface area contributed by atoms with E-state index in [1.807, 2.05) is 4.90 Å². The molecule has 2 saturated carbocycles. The molecule has 1 N–H and O–H groups in total. The average Bonchev–Trinajstić information content (AvgIpc) is 3.71. The molecule has 9 heteroatoms. The molecule has 1 aromatic rings. The number of aromatic nitrogens is 1. The van der Waals surface area contributed by atoms with Crippen LogP contribution in [-0.2, 0) is 4.79 Å². The lowest BCUT2D eigenvalue weighted by molar-refractivity contribution is -0.135. The van der Waals surface area contributed by atoms with Gasteiger partial charge >= 0.3 is 0 Å². The molecule has 0 radical (unpaired) electrons. The van der Waals surface area contributed by atoms with Crippen LogP contribution < -0.4 is 9.64 Å². The van der Waals surface area contributed by atoms with Crippen molar-refractivity contribution in [2.75, 3.05) is 38.2 Å². The summed E-state index contributed by atoms with van der Waals surface area (Å²) in [6.07, 6.45) is 6.07. The van der Waals surface area contributed by atoms with Crippen molar-refractivity contribution in [2.45, 2.75) is 51.0 Å². The molecule has 176 valence electrons. The standard InChI is InChI=1S/C24H30ClN5O3/c1-15(25)11-21(27-2)33-20-12-18(13-26)24(28-23(20)17-5-6-17)29-8-9-30(22(32)7-10-31)19(14-29)16-3-4-16/h11-12,16-17,19,31H,3-10,14H2,1-2H3/b15-11+,27-21?/t19-/m0/s1. The molecule has 4 rings (SSSR count). The van der Waals surface area contributed by atoms with Gasteiger partial charge in [-0.25, -0.2) is 4.98 Å². The topological polar surface area (TPSA) is 102 Å². The number of halogens is 1. The van der Waals surface area contributed by atoms with Gasteiger partial charge in [-0.05, 0) is 38.5 Å². The maximum atomic E-state index is 12.5. The fourth-order valence-electron chi connectivity index (χ4n) is 4.41. The molecule has 1 aromatic heterocycles. The van der Waals surface area contributed by atoms with Gasteiger partial charge in [0.25, 0.3) is 0 Å². The van der Waals surface area contributed by atoms with Gasteiger partial charge < -0.3 is 19.6 Å². The first-order valence-corrected chi connectivity index (χ1v) is 11.9. The van der Waals surface area contributed by atoms with E-state index in [9.17, 15) is 15.2 Å². The minimum atomic E-state index is -0.135. The molecule has 0 spiro atoms. The average molecular weight is 472 g/mol. The molecule has 3 fully saturated rings. The summed E-state index contributed by atoms with van der Waals surface area (Å²) in [5.41, 5.74) is 1.29. The van der Waals surface area contributed by atoms with Crippen LogP contribution in [0.15, 0.2) is 22.2 Å². The molecule has 1 atom stereocenters. The number of aliphatic hydroxyl groups excluding tert-OH is 1. The van der Waals surface area contributed by atoms with Gasteiger partial charge in [0.15, 0.2) is 5.75 Å². The Labute approximate surface area is 199 Å². The largest absolute Gasteiger partial charge is 0.437 e. The number of aliphatic hydroxyl groups is 1. The summed E-state index contributed by atoms with van der Waals surface area (Å²) in [5.74, 6) is 2.35. The Morgan fingerprint density at radius 2 is 2.15 bits per heavy atom. The smallest absolute Gasteiger partial charge is 0.225 e. The molecule has 2 aliphatic carbocycles. The van der Waals surface area contributed by atoms with Crippen LogP contribution in [0.1, 0.15) is 56.2 Å². The van der Waals surface area contributed by atoms with Gasteiger partial charge in [-0.1, -0.05) is 11.6 Å². The number of nitrogens with zero attached hydrogens (tertiary/aromatic N) is 5. The molecule has 1 aliphatic heterocycles. The normalized spacial score (nSPS) is 21.7. The number of carbonyl (C=O) groups is 1. The third-order valence-electron chi connectivity index (χ3n) is 6.37. The predicted octanol–water partition coefficient (Wildman–Crippen LogP) is 3.19. The number of allylic oxidation sites excluding steroid dienone is 1. The second kappa shape index (κ2) is 10.1. The van der Waals surface area contributed by atoms with Crippen molar-refractivity contribution >= 4 is 29.2 Å². The van der Waals surface area contributed by atoms with E-state index < -0.39 is 0 Å². The van der Waals surface area contributed by atoms with E-state index in [-0.39, 0.29) is 25.0 Å². The molecule has 3 aliphatic rings. The molecular weight excluding hydrogens is 442 g/mol. The fraction of sp³-hybridized carbons (Fsp3) is 0.583. The van der Waals surface area contributed by atoms with Crippen LogP contribution in [0.25, 0.3) is 0 Å². The number of piperazine rings is 1. The molecule has 0 aromatic carbocycles. The Kier molecular flexibility index (Phi) is 7.20. The Morgan fingerprint density at radius 3 is 2.73 bits per heavy atom. The van der Waals surface area contributed by atoms with E-state index >= 15 is 0 Å². The van der Waals surface area contributed by atoms with Crippen LogP contribution in [0.4, 0.5) is 5.82 Å². The Morgan fingerprint density at radius 1 is 1.39 bits per heavy atom. The van der Waals surface area contributed by atoms with E-state index in [1.54, 1.807) is 26.1 Å². The maximum absolute atomic E-state index is 12.5. The number of nitriles is 1. The Balaban J connectivity index is 1.63. The first-order chi connectivity index (χ1) is 15.9. The van der Waals surface area contributed by atoms with Crippen molar-refractivity contribution in [3.63, 3.8) is 0 Å². The van der Waals surface area contributed by atoms with E-state index in [4.69, 9.17) is 21.3 Å². The van der Waals surface area contributed by atoms with Crippen molar-refractivity contribution in [1.82, 2.24) is 9.88 Å². The zero-order valence-electron chi connectivity index (χ0n) is 19.1. The number of amides is 1. The lowest BCUT2D eigenvalue weighted by Crippen LogP contribution is -2.56. The molecule has 8 nitrogen and oxygen atoms in total. The predicted molar refractivity (Wildman–Crippen MR) is 127 cm³/mol. The number of carbonyl (C=O) groups excluding carboxylic acids is 1. The molecule has 1 amide bonds. The van der Waals surface area contributed by atoms with Crippen molar-refractivity contribution in [2.24, 2.45) is 10.9 Å². The number of hydrogen-bond acceptors (Lipinski definition) is 7. The zero-order chi connectivity index (χ0) is 23.5. The summed E-state index contributed by atoms with van der Waals surface area (Å²) >= 11 is 6.00. The van der Waals surface area contributed by atoms with E-state index in [1.165, 1.54) is 0 Å². The Hall–Kier alpha value is -2.63. The van der Waals surface area contributed by atoms with Crippen LogP contribution in [0, 0.1) is 17.2 Å². The first kappa shape index (κ1) is 23.5. The monoisotopic (exact) mass is 471 g/mol. The molecule has 2 heterocycles. The number of aliphatic imine (C=N–C) groups is 1. The van der Waals surface area contributed by atoms with E-state index in [0.717, 1.165) is 31.4 Å². The molecular formula is C24H30ClN5O3.